The molecule has 0 bridgehead atoms. The summed E-state index contributed by atoms with van der Waals surface area (Å²) in [6.07, 6.45) is 2.95. The number of hydrogen-bond acceptors (Lipinski definition) is 2. The van der Waals surface area contributed by atoms with Crippen LogP contribution in [0.4, 0.5) is 0 Å². The Labute approximate surface area is 81.0 Å². The third-order valence-electron chi connectivity index (χ3n) is 3.32. The van der Waals surface area contributed by atoms with Gasteiger partial charge in [-0.25, -0.2) is 0 Å². The van der Waals surface area contributed by atoms with Crippen molar-refractivity contribution >= 4 is 0 Å². The maximum absolute atomic E-state index is 10.0. The van der Waals surface area contributed by atoms with E-state index in [1.54, 1.807) is 0 Å². The van der Waals surface area contributed by atoms with E-state index in [4.69, 9.17) is 0 Å². The first kappa shape index (κ1) is 10.7. The van der Waals surface area contributed by atoms with Crippen LogP contribution in [0.25, 0.3) is 0 Å². The zero-order valence-electron chi connectivity index (χ0n) is 8.93. The molecule has 1 rings (SSSR count). The van der Waals surface area contributed by atoms with Crippen LogP contribution in [0, 0.1) is 5.92 Å². The molecule has 76 valence electrons. The summed E-state index contributed by atoms with van der Waals surface area (Å²) in [6.45, 7) is 7.99. The second-order valence-electron chi connectivity index (χ2n) is 4.52. The smallest absolute Gasteiger partial charge is 0.0772 e. The van der Waals surface area contributed by atoms with Crippen molar-refractivity contribution in [1.82, 2.24) is 5.32 Å². The highest BCUT2D eigenvalue weighted by Crippen LogP contribution is 2.34. The fourth-order valence-electron chi connectivity index (χ4n) is 2.17. The standard InChI is InChI=1S/C11H21NO/c1-8(2)9-5-6-11(3,13)10(7-9)12-4/h9-10,12-13H,1,5-7H2,2-4H3/t9-,10-,11-/m0/s1. The Kier molecular flexibility index (Phi) is 3.14. The summed E-state index contributed by atoms with van der Waals surface area (Å²) in [6, 6.07) is 0.211. The van der Waals surface area contributed by atoms with Gasteiger partial charge in [0.25, 0.3) is 0 Å². The molecule has 0 amide bonds. The number of nitrogens with one attached hydrogen (secondary N) is 1. The lowest BCUT2D eigenvalue weighted by Gasteiger charge is -2.41. The molecule has 0 unspecified atom stereocenters. The molecule has 1 aliphatic carbocycles. The lowest BCUT2D eigenvalue weighted by Crippen LogP contribution is -2.51. The molecule has 0 radical (unpaired) electrons. The molecule has 2 nitrogen and oxygen atoms in total. The van der Waals surface area contributed by atoms with Crippen LogP contribution in [0.5, 0.6) is 0 Å². The highest BCUT2D eigenvalue weighted by Gasteiger charge is 2.37. The lowest BCUT2D eigenvalue weighted by atomic mass is 9.74. The van der Waals surface area contributed by atoms with Crippen molar-refractivity contribution in [3.05, 3.63) is 12.2 Å². The van der Waals surface area contributed by atoms with E-state index < -0.39 is 5.60 Å². The summed E-state index contributed by atoms with van der Waals surface area (Å²) in [5, 5.41) is 13.2. The van der Waals surface area contributed by atoms with Gasteiger partial charge in [0.15, 0.2) is 0 Å². The van der Waals surface area contributed by atoms with Crippen LogP contribution in [0.15, 0.2) is 12.2 Å². The molecule has 0 aromatic heterocycles. The summed E-state index contributed by atoms with van der Waals surface area (Å²) >= 11 is 0. The summed E-state index contributed by atoms with van der Waals surface area (Å²) in [5.41, 5.74) is 0.705. The maximum atomic E-state index is 10.0. The number of allylic oxidation sites excluding steroid dienone is 1. The van der Waals surface area contributed by atoms with Crippen LogP contribution < -0.4 is 5.32 Å². The predicted octanol–water partition coefficient (Wildman–Crippen LogP) is 1.70. The molecule has 0 heterocycles. The fraction of sp³-hybridized carbons (Fsp3) is 0.818. The van der Waals surface area contributed by atoms with Crippen molar-refractivity contribution in [2.45, 2.75) is 44.8 Å². The first-order valence-corrected chi connectivity index (χ1v) is 5.02. The monoisotopic (exact) mass is 183 g/mol. The molecule has 13 heavy (non-hydrogen) atoms. The molecular weight excluding hydrogens is 162 g/mol. The van der Waals surface area contributed by atoms with E-state index in [1.165, 1.54) is 5.57 Å². The van der Waals surface area contributed by atoms with Gasteiger partial charge in [0.1, 0.15) is 0 Å². The van der Waals surface area contributed by atoms with Crippen molar-refractivity contribution in [1.29, 1.82) is 0 Å². The second-order valence-corrected chi connectivity index (χ2v) is 4.52. The van der Waals surface area contributed by atoms with Gasteiger partial charge in [-0.3, -0.25) is 0 Å². The predicted molar refractivity (Wildman–Crippen MR) is 55.6 cm³/mol. The van der Waals surface area contributed by atoms with Crippen LogP contribution >= 0.6 is 0 Å². The van der Waals surface area contributed by atoms with E-state index in [1.807, 2.05) is 14.0 Å². The van der Waals surface area contributed by atoms with Crippen LogP contribution in [0.2, 0.25) is 0 Å². The van der Waals surface area contributed by atoms with Crippen LogP contribution in [-0.2, 0) is 0 Å². The van der Waals surface area contributed by atoms with Gasteiger partial charge >= 0.3 is 0 Å². The average Bonchev–Trinajstić information content (AvgIpc) is 2.03. The molecule has 3 atom stereocenters. The Hall–Kier alpha value is -0.340. The quantitative estimate of drug-likeness (QED) is 0.639. The van der Waals surface area contributed by atoms with E-state index in [0.29, 0.717) is 5.92 Å². The molecule has 1 aliphatic rings. The average molecular weight is 183 g/mol. The second kappa shape index (κ2) is 3.81. The minimum Gasteiger partial charge on any atom is -0.389 e. The normalized spacial score (nSPS) is 40.3. The van der Waals surface area contributed by atoms with Gasteiger partial charge in [0.05, 0.1) is 5.60 Å². The van der Waals surface area contributed by atoms with Gasteiger partial charge in [0.2, 0.25) is 0 Å². The minimum atomic E-state index is -0.541. The number of rotatable bonds is 2. The van der Waals surface area contributed by atoms with Gasteiger partial charge in [-0.1, -0.05) is 12.2 Å². The number of hydrogen-bond donors (Lipinski definition) is 2. The van der Waals surface area contributed by atoms with E-state index in [-0.39, 0.29) is 6.04 Å². The zero-order valence-corrected chi connectivity index (χ0v) is 8.93. The SMILES string of the molecule is C=C(C)[C@H]1CC[C@](C)(O)[C@@H](NC)C1. The van der Waals surface area contributed by atoms with Crippen LogP contribution in [0.3, 0.4) is 0 Å². The Morgan fingerprint density at radius 2 is 2.23 bits per heavy atom. The molecular formula is C11H21NO. The zero-order chi connectivity index (χ0) is 10.1. The van der Waals surface area contributed by atoms with E-state index in [2.05, 4.69) is 18.8 Å². The van der Waals surface area contributed by atoms with Crippen LogP contribution in [0.1, 0.15) is 33.1 Å². The highest BCUT2D eigenvalue weighted by atomic mass is 16.3. The Morgan fingerprint density at radius 1 is 1.62 bits per heavy atom. The molecule has 0 aliphatic heterocycles. The third kappa shape index (κ3) is 2.32. The summed E-state index contributed by atoms with van der Waals surface area (Å²) in [7, 11) is 1.92. The maximum Gasteiger partial charge on any atom is 0.0772 e. The van der Waals surface area contributed by atoms with Crippen LogP contribution in [-0.4, -0.2) is 23.8 Å². The lowest BCUT2D eigenvalue weighted by molar-refractivity contribution is -0.0173. The molecule has 1 fully saturated rings. The van der Waals surface area contributed by atoms with E-state index in [0.717, 1.165) is 19.3 Å². The summed E-state index contributed by atoms with van der Waals surface area (Å²) in [4.78, 5) is 0. The number of aliphatic hydroxyl groups is 1. The van der Waals surface area contributed by atoms with Gasteiger partial charge in [-0.2, -0.15) is 0 Å². The Morgan fingerprint density at radius 3 is 2.69 bits per heavy atom. The summed E-state index contributed by atoms with van der Waals surface area (Å²) < 4.78 is 0. The molecule has 2 heteroatoms. The van der Waals surface area contributed by atoms with Gasteiger partial charge in [-0.15, -0.1) is 0 Å². The molecule has 1 saturated carbocycles. The third-order valence-corrected chi connectivity index (χ3v) is 3.32. The first-order chi connectivity index (χ1) is 5.97. The topological polar surface area (TPSA) is 32.3 Å². The van der Waals surface area contributed by atoms with E-state index in [9.17, 15) is 5.11 Å². The van der Waals surface area contributed by atoms with Gasteiger partial charge in [0, 0.05) is 6.04 Å². The van der Waals surface area contributed by atoms with Crippen molar-refractivity contribution in [2.75, 3.05) is 7.05 Å². The van der Waals surface area contributed by atoms with Gasteiger partial charge < -0.3 is 10.4 Å². The molecule has 0 spiro atoms. The Balaban J connectivity index is 2.63. The fourth-order valence-corrected chi connectivity index (χ4v) is 2.17. The molecule has 0 aromatic rings. The first-order valence-electron chi connectivity index (χ1n) is 5.02. The Bertz CT molecular complexity index is 198. The van der Waals surface area contributed by atoms with Crippen molar-refractivity contribution < 1.29 is 5.11 Å². The summed E-state index contributed by atoms with van der Waals surface area (Å²) in [5.74, 6) is 0.581. The van der Waals surface area contributed by atoms with Gasteiger partial charge in [-0.05, 0) is 46.1 Å². The minimum absolute atomic E-state index is 0.211. The van der Waals surface area contributed by atoms with Crippen molar-refractivity contribution in [2.24, 2.45) is 5.92 Å². The van der Waals surface area contributed by atoms with Crippen molar-refractivity contribution in [3.8, 4) is 0 Å². The molecule has 0 saturated heterocycles. The van der Waals surface area contributed by atoms with Crippen molar-refractivity contribution in [3.63, 3.8) is 0 Å². The largest absolute Gasteiger partial charge is 0.389 e. The number of likely N-dealkylation sites (N-methyl/N-ethyl adjacent to an activating group) is 1. The van der Waals surface area contributed by atoms with E-state index >= 15 is 0 Å². The molecule has 2 N–H and O–H groups in total. The molecule has 0 aromatic carbocycles. The highest BCUT2D eigenvalue weighted by molar-refractivity contribution is 5.04.